The summed E-state index contributed by atoms with van der Waals surface area (Å²) in [5.41, 5.74) is 4.80. The maximum Gasteiger partial charge on any atom is 0.301 e. The van der Waals surface area contributed by atoms with Gasteiger partial charge in [-0.1, -0.05) is 36.8 Å². The van der Waals surface area contributed by atoms with E-state index in [1.165, 1.54) is 16.2 Å². The summed E-state index contributed by atoms with van der Waals surface area (Å²) in [5.74, 6) is 0.0182. The van der Waals surface area contributed by atoms with Gasteiger partial charge in [0.25, 0.3) is 5.78 Å². The number of nitrogens with zero attached hydrogens (tertiary/aromatic N) is 2. The van der Waals surface area contributed by atoms with Gasteiger partial charge in [-0.15, -0.1) is 0 Å². The Labute approximate surface area is 254 Å². The van der Waals surface area contributed by atoms with Gasteiger partial charge in [-0.3, -0.25) is 14.5 Å². The molecule has 2 unspecified atom stereocenters. The standard InChI is InChI=1S/C34H34N2O6S/c1-6-7-12-41-25-11-8-21(17-26(25)40-5)30-28(31(37)22-9-10-24-23(16-22)15-20(4)42-24)32(38)33(39)36(30)34-35-29-19(3)13-18(2)14-27(29)43-34/h8-11,13-14,16-17,20,30,37H,6-7,12,15H2,1-5H3/b31-28-. The molecule has 43 heavy (non-hydrogen) atoms. The first-order chi connectivity index (χ1) is 20.7. The van der Waals surface area contributed by atoms with E-state index in [0.29, 0.717) is 40.8 Å². The van der Waals surface area contributed by atoms with Crippen molar-refractivity contribution in [1.82, 2.24) is 4.98 Å². The van der Waals surface area contributed by atoms with Crippen LogP contribution < -0.4 is 19.1 Å². The maximum absolute atomic E-state index is 13.8. The Hall–Kier alpha value is -4.37. The Kier molecular flexibility index (Phi) is 7.60. The third-order valence-electron chi connectivity index (χ3n) is 7.90. The molecule has 0 bridgehead atoms. The quantitative estimate of drug-likeness (QED) is 0.100. The molecular weight excluding hydrogens is 564 g/mol. The minimum atomic E-state index is -0.941. The van der Waals surface area contributed by atoms with Crippen LogP contribution in [-0.2, 0) is 16.0 Å². The number of benzene rings is 3. The summed E-state index contributed by atoms with van der Waals surface area (Å²) in [5, 5.41) is 12.1. The number of hydrogen-bond acceptors (Lipinski definition) is 8. The van der Waals surface area contributed by atoms with Crippen LogP contribution in [0.3, 0.4) is 0 Å². The average molecular weight is 599 g/mol. The third-order valence-corrected chi connectivity index (χ3v) is 8.90. The number of aliphatic hydroxyl groups is 1. The number of Topliss-reactive ketones (excluding diaryl/α,β-unsaturated/α-hetero) is 1. The Bertz CT molecular complexity index is 1790. The molecule has 3 aromatic carbocycles. The third kappa shape index (κ3) is 5.12. The number of aromatic nitrogens is 1. The number of aryl methyl sites for hydroxylation is 2. The molecule has 1 aromatic heterocycles. The summed E-state index contributed by atoms with van der Waals surface area (Å²) in [4.78, 5) is 33.8. The SMILES string of the molecule is CCCCOc1ccc(C2/C(=C(/O)c3ccc4c(c3)CC(C)O4)C(=O)C(=O)N2c2nc3c(C)cc(C)cc3s2)cc1OC. The van der Waals surface area contributed by atoms with E-state index in [-0.39, 0.29) is 17.4 Å². The van der Waals surface area contributed by atoms with Gasteiger partial charge in [0.1, 0.15) is 17.6 Å². The van der Waals surface area contributed by atoms with Crippen molar-refractivity contribution < 1.29 is 28.9 Å². The van der Waals surface area contributed by atoms with Crippen molar-refractivity contribution in [3.63, 3.8) is 0 Å². The molecule has 3 heterocycles. The number of hydrogen-bond donors (Lipinski definition) is 1. The number of rotatable bonds is 8. The predicted octanol–water partition coefficient (Wildman–Crippen LogP) is 7.05. The second kappa shape index (κ2) is 11.4. The summed E-state index contributed by atoms with van der Waals surface area (Å²) >= 11 is 1.34. The first-order valence-electron chi connectivity index (χ1n) is 14.5. The molecule has 1 fully saturated rings. The van der Waals surface area contributed by atoms with Gasteiger partial charge in [-0.25, -0.2) is 4.98 Å². The minimum absolute atomic E-state index is 0.00854. The van der Waals surface area contributed by atoms with Crippen molar-refractivity contribution in [3.8, 4) is 17.2 Å². The zero-order chi connectivity index (χ0) is 30.4. The highest BCUT2D eigenvalue weighted by Gasteiger charge is 2.48. The van der Waals surface area contributed by atoms with Crippen LogP contribution in [-0.4, -0.2) is 41.6 Å². The second-order valence-electron chi connectivity index (χ2n) is 11.2. The van der Waals surface area contributed by atoms with Gasteiger partial charge in [-0.05, 0) is 85.8 Å². The van der Waals surface area contributed by atoms with Gasteiger partial charge < -0.3 is 19.3 Å². The Morgan fingerprint density at radius 1 is 1.12 bits per heavy atom. The molecule has 9 heteroatoms. The van der Waals surface area contributed by atoms with Gasteiger partial charge in [-0.2, -0.15) is 0 Å². The number of aliphatic hydroxyl groups excluding tert-OH is 1. The molecule has 1 saturated heterocycles. The summed E-state index contributed by atoms with van der Waals surface area (Å²) in [7, 11) is 1.55. The van der Waals surface area contributed by atoms with Gasteiger partial charge in [0.2, 0.25) is 0 Å². The van der Waals surface area contributed by atoms with Gasteiger partial charge in [0.05, 0.1) is 35.5 Å². The number of ketones is 1. The van der Waals surface area contributed by atoms with E-state index in [0.717, 1.165) is 45.5 Å². The van der Waals surface area contributed by atoms with Crippen molar-refractivity contribution in [1.29, 1.82) is 0 Å². The number of ether oxygens (including phenoxy) is 3. The Morgan fingerprint density at radius 3 is 2.70 bits per heavy atom. The largest absolute Gasteiger partial charge is 0.507 e. The minimum Gasteiger partial charge on any atom is -0.507 e. The lowest BCUT2D eigenvalue weighted by molar-refractivity contribution is -0.132. The smallest absolute Gasteiger partial charge is 0.301 e. The molecule has 222 valence electrons. The molecule has 2 atom stereocenters. The van der Waals surface area contributed by atoms with E-state index in [9.17, 15) is 14.7 Å². The molecule has 8 nitrogen and oxygen atoms in total. The topological polar surface area (TPSA) is 98.2 Å². The molecule has 4 aromatic rings. The van der Waals surface area contributed by atoms with Gasteiger partial charge in [0.15, 0.2) is 16.6 Å². The van der Waals surface area contributed by atoms with Crippen LogP contribution in [0.4, 0.5) is 5.13 Å². The number of amides is 1. The van der Waals surface area contributed by atoms with E-state index in [1.54, 1.807) is 31.4 Å². The highest BCUT2D eigenvalue weighted by atomic mass is 32.1. The number of carbonyl (C=O) groups is 2. The fourth-order valence-electron chi connectivity index (χ4n) is 5.83. The fourth-order valence-corrected chi connectivity index (χ4v) is 7.00. The first kappa shape index (κ1) is 28.7. The van der Waals surface area contributed by atoms with E-state index < -0.39 is 17.7 Å². The molecule has 0 aliphatic carbocycles. The summed E-state index contributed by atoms with van der Waals surface area (Å²) in [6, 6.07) is 13.8. The molecular formula is C34H34N2O6S. The average Bonchev–Trinajstić information content (AvgIpc) is 3.65. The van der Waals surface area contributed by atoms with Crippen LogP contribution in [0.15, 0.2) is 54.1 Å². The molecule has 1 amide bonds. The molecule has 2 aliphatic rings. The van der Waals surface area contributed by atoms with Crippen molar-refractivity contribution in [3.05, 3.63) is 81.9 Å². The van der Waals surface area contributed by atoms with E-state index in [1.807, 2.05) is 45.0 Å². The number of methoxy groups -OCH3 is 1. The lowest BCUT2D eigenvalue weighted by Gasteiger charge is -2.24. The molecule has 0 radical (unpaired) electrons. The van der Waals surface area contributed by atoms with Gasteiger partial charge in [0, 0.05) is 12.0 Å². The highest BCUT2D eigenvalue weighted by Crippen LogP contribution is 2.46. The zero-order valence-electron chi connectivity index (χ0n) is 24.9. The number of thiazole rings is 1. The summed E-state index contributed by atoms with van der Waals surface area (Å²) < 4.78 is 18.4. The normalized spacial score (nSPS) is 19.1. The monoisotopic (exact) mass is 598 g/mol. The van der Waals surface area contributed by atoms with Crippen LogP contribution in [0.1, 0.15) is 60.5 Å². The molecule has 1 N–H and O–H groups in total. The zero-order valence-corrected chi connectivity index (χ0v) is 25.7. The van der Waals surface area contributed by atoms with Crippen molar-refractivity contribution in [2.24, 2.45) is 0 Å². The second-order valence-corrected chi connectivity index (χ2v) is 12.2. The van der Waals surface area contributed by atoms with E-state index in [4.69, 9.17) is 19.2 Å². The summed E-state index contributed by atoms with van der Waals surface area (Å²) in [6.07, 6.45) is 2.60. The molecule has 6 rings (SSSR count). The van der Waals surface area contributed by atoms with Crippen LogP contribution in [0.2, 0.25) is 0 Å². The van der Waals surface area contributed by atoms with Crippen LogP contribution >= 0.6 is 11.3 Å². The van der Waals surface area contributed by atoms with E-state index >= 15 is 0 Å². The van der Waals surface area contributed by atoms with Crippen LogP contribution in [0.25, 0.3) is 16.0 Å². The Morgan fingerprint density at radius 2 is 1.93 bits per heavy atom. The van der Waals surface area contributed by atoms with Crippen LogP contribution in [0, 0.1) is 13.8 Å². The maximum atomic E-state index is 13.8. The predicted molar refractivity (Wildman–Crippen MR) is 168 cm³/mol. The van der Waals surface area contributed by atoms with Crippen molar-refractivity contribution in [2.75, 3.05) is 18.6 Å². The van der Waals surface area contributed by atoms with Crippen molar-refractivity contribution >= 4 is 44.1 Å². The number of anilines is 1. The van der Waals surface area contributed by atoms with E-state index in [2.05, 4.69) is 6.92 Å². The fraction of sp³-hybridized carbons (Fsp3) is 0.324. The number of fused-ring (bicyclic) bond motifs is 2. The number of unbranched alkanes of at least 4 members (excludes halogenated alkanes) is 1. The lowest BCUT2D eigenvalue weighted by Crippen LogP contribution is -2.29. The Balaban J connectivity index is 1.52. The number of carbonyl (C=O) groups excluding carboxylic acids is 2. The molecule has 0 spiro atoms. The molecule has 0 saturated carbocycles. The lowest BCUT2D eigenvalue weighted by atomic mass is 9.94. The van der Waals surface area contributed by atoms with Gasteiger partial charge >= 0.3 is 5.91 Å². The summed E-state index contributed by atoms with van der Waals surface area (Å²) in [6.45, 7) is 8.60. The highest BCUT2D eigenvalue weighted by molar-refractivity contribution is 7.22. The van der Waals surface area contributed by atoms with Crippen LogP contribution in [0.5, 0.6) is 17.2 Å². The molecule has 2 aliphatic heterocycles. The first-order valence-corrected chi connectivity index (χ1v) is 15.3. The van der Waals surface area contributed by atoms with Crippen molar-refractivity contribution in [2.45, 2.75) is 59.1 Å².